The fraction of sp³-hybridized carbons (Fsp3) is 0.900. The quantitative estimate of drug-likeness (QED) is 0.309. The third-order valence-corrected chi connectivity index (χ3v) is 2.30. The number of hydrogen-bond donors (Lipinski definition) is 4. The molecule has 16 heavy (non-hydrogen) atoms. The van der Waals surface area contributed by atoms with Crippen molar-refractivity contribution in [1.82, 2.24) is 5.32 Å². The lowest BCUT2D eigenvalue weighted by Crippen LogP contribution is -2.41. The molecule has 0 aromatic heterocycles. The third-order valence-electron chi connectivity index (χ3n) is 2.30. The average Bonchev–Trinajstić information content (AvgIpc) is 2.23. The molecule has 0 saturated heterocycles. The molecule has 6 N–H and O–H groups in total. The van der Waals surface area contributed by atoms with Gasteiger partial charge in [-0.1, -0.05) is 6.42 Å². The van der Waals surface area contributed by atoms with E-state index in [0.29, 0.717) is 25.9 Å². The normalized spacial score (nSPS) is 14.7. The highest BCUT2D eigenvalue weighted by Crippen LogP contribution is 1.97. The molecule has 0 fully saturated rings. The maximum atomic E-state index is 10.3. The summed E-state index contributed by atoms with van der Waals surface area (Å²) in [5.74, 6) is -1.20. The van der Waals surface area contributed by atoms with Gasteiger partial charge in [-0.25, -0.2) is 0 Å². The number of carboxylic acid groups (broad SMARTS) is 1. The van der Waals surface area contributed by atoms with Gasteiger partial charge in [0.2, 0.25) is 0 Å². The second-order valence-electron chi connectivity index (χ2n) is 3.86. The monoisotopic (exact) mass is 232 g/mol. The summed E-state index contributed by atoms with van der Waals surface area (Å²) in [7, 11) is 0. The van der Waals surface area contributed by atoms with E-state index in [9.17, 15) is 15.0 Å². The van der Waals surface area contributed by atoms with E-state index in [1.807, 2.05) is 0 Å². The highest BCUT2D eigenvalue weighted by atomic mass is 16.4. The maximum Gasteiger partial charge on any atom is 0.0676 e. The van der Waals surface area contributed by atoms with Crippen LogP contribution in [0.1, 0.15) is 25.7 Å². The molecule has 0 aromatic rings. The zero-order valence-electron chi connectivity index (χ0n) is 9.52. The molecule has 0 rings (SSSR count). The van der Waals surface area contributed by atoms with Crippen LogP contribution in [0, 0.1) is 0 Å². The second kappa shape index (κ2) is 9.53. The third kappa shape index (κ3) is 8.60. The van der Waals surface area contributed by atoms with Crippen LogP contribution in [0.3, 0.4) is 0 Å². The van der Waals surface area contributed by atoms with Gasteiger partial charge < -0.3 is 31.8 Å². The van der Waals surface area contributed by atoms with Crippen LogP contribution in [0.25, 0.3) is 0 Å². The number of carboxylic acids is 1. The molecule has 0 aliphatic carbocycles. The van der Waals surface area contributed by atoms with Crippen molar-refractivity contribution in [1.29, 1.82) is 0 Å². The average molecular weight is 232 g/mol. The molecule has 0 radical (unpaired) electrons. The van der Waals surface area contributed by atoms with Gasteiger partial charge in [-0.3, -0.25) is 0 Å². The highest BCUT2D eigenvalue weighted by molar-refractivity contribution is 5.70. The minimum atomic E-state index is -1.20. The van der Waals surface area contributed by atoms with E-state index in [-0.39, 0.29) is 0 Å². The van der Waals surface area contributed by atoms with Gasteiger partial charge in [0.25, 0.3) is 0 Å². The summed E-state index contributed by atoms with van der Waals surface area (Å²) in [6.45, 7) is 1.73. The Morgan fingerprint density at radius 1 is 1.38 bits per heavy atom. The maximum absolute atomic E-state index is 10.3. The molecule has 0 aromatic carbocycles. The van der Waals surface area contributed by atoms with Crippen LogP contribution in [0.15, 0.2) is 0 Å². The molecule has 0 aliphatic rings. The predicted octanol–water partition coefficient (Wildman–Crippen LogP) is -2.47. The fourth-order valence-corrected chi connectivity index (χ4v) is 1.30. The van der Waals surface area contributed by atoms with E-state index in [1.165, 1.54) is 0 Å². The van der Waals surface area contributed by atoms with Crippen molar-refractivity contribution in [2.24, 2.45) is 11.5 Å². The number of carbonyl (C=O) groups excluding carboxylic acids is 1. The number of rotatable bonds is 10. The first-order chi connectivity index (χ1) is 7.57. The Labute approximate surface area is 96.0 Å². The van der Waals surface area contributed by atoms with Crippen LogP contribution < -0.4 is 21.9 Å². The summed E-state index contributed by atoms with van der Waals surface area (Å²) in [5.41, 5.74) is 10.6. The smallest absolute Gasteiger partial charge is 0.0676 e. The molecule has 0 saturated carbocycles. The molecule has 6 heteroatoms. The molecular weight excluding hydrogens is 210 g/mol. The number of nitrogens with two attached hydrogens (primary N) is 2. The number of hydrogen-bond acceptors (Lipinski definition) is 6. The molecular formula is C10H22N3O3-. The molecule has 96 valence electrons. The molecule has 0 heterocycles. The predicted molar refractivity (Wildman–Crippen MR) is 59.4 cm³/mol. The standard InChI is InChI=1S/C10H23N3O3/c11-5-4-8(14)7-13-6-2-1-3-9(12)10(15)16/h8-9,13-14H,1-7,11-12H2,(H,15,16)/p-1/t8-,9+/m1/s1. The van der Waals surface area contributed by atoms with Crippen molar-refractivity contribution < 1.29 is 15.0 Å². The lowest BCUT2D eigenvalue weighted by atomic mass is 10.1. The fourth-order valence-electron chi connectivity index (χ4n) is 1.30. The molecule has 0 amide bonds. The van der Waals surface area contributed by atoms with E-state index >= 15 is 0 Å². The van der Waals surface area contributed by atoms with Gasteiger partial charge in [0.05, 0.1) is 12.1 Å². The van der Waals surface area contributed by atoms with Gasteiger partial charge in [-0.05, 0) is 32.4 Å². The number of aliphatic carboxylic acids is 1. The van der Waals surface area contributed by atoms with Crippen molar-refractivity contribution >= 4 is 5.97 Å². The van der Waals surface area contributed by atoms with E-state index in [1.54, 1.807) is 0 Å². The van der Waals surface area contributed by atoms with Crippen molar-refractivity contribution in [3.05, 3.63) is 0 Å². The van der Waals surface area contributed by atoms with Crippen LogP contribution in [0.5, 0.6) is 0 Å². The Balaban J connectivity index is 3.24. The Morgan fingerprint density at radius 3 is 2.62 bits per heavy atom. The first-order valence-corrected chi connectivity index (χ1v) is 5.63. The summed E-state index contributed by atoms with van der Waals surface area (Å²) < 4.78 is 0. The summed E-state index contributed by atoms with van der Waals surface area (Å²) in [4.78, 5) is 10.3. The molecule has 2 atom stereocenters. The van der Waals surface area contributed by atoms with Gasteiger partial charge >= 0.3 is 0 Å². The minimum Gasteiger partial charge on any atom is -0.548 e. The number of carbonyl (C=O) groups is 1. The Bertz CT molecular complexity index is 190. The SMILES string of the molecule is NCC[C@@H](O)CNCCCC[C@H](N)C(=O)[O-]. The lowest BCUT2D eigenvalue weighted by molar-refractivity contribution is -0.307. The largest absolute Gasteiger partial charge is 0.548 e. The Morgan fingerprint density at radius 2 is 2.06 bits per heavy atom. The van der Waals surface area contributed by atoms with Crippen LogP contribution in [-0.4, -0.2) is 42.9 Å². The first kappa shape index (κ1) is 15.3. The van der Waals surface area contributed by atoms with Gasteiger partial charge in [-0.15, -0.1) is 0 Å². The van der Waals surface area contributed by atoms with E-state index in [0.717, 1.165) is 19.4 Å². The van der Waals surface area contributed by atoms with Gasteiger partial charge in [0.1, 0.15) is 0 Å². The number of aliphatic hydroxyl groups excluding tert-OH is 1. The zero-order valence-corrected chi connectivity index (χ0v) is 9.52. The first-order valence-electron chi connectivity index (χ1n) is 5.63. The van der Waals surface area contributed by atoms with Crippen molar-refractivity contribution in [2.45, 2.75) is 37.8 Å². The minimum absolute atomic E-state index is 0.407. The van der Waals surface area contributed by atoms with E-state index in [4.69, 9.17) is 11.5 Å². The summed E-state index contributed by atoms with van der Waals surface area (Å²) in [6.07, 6.45) is 2.17. The van der Waals surface area contributed by atoms with Gasteiger partial charge in [0, 0.05) is 12.6 Å². The number of aliphatic hydroxyl groups is 1. The molecule has 0 bridgehead atoms. The van der Waals surface area contributed by atoms with Crippen LogP contribution in [0.4, 0.5) is 0 Å². The van der Waals surface area contributed by atoms with Crippen LogP contribution in [-0.2, 0) is 4.79 Å². The second-order valence-corrected chi connectivity index (χ2v) is 3.86. The van der Waals surface area contributed by atoms with E-state index in [2.05, 4.69) is 5.32 Å². The summed E-state index contributed by atoms with van der Waals surface area (Å²) >= 11 is 0. The van der Waals surface area contributed by atoms with E-state index < -0.39 is 18.1 Å². The lowest BCUT2D eigenvalue weighted by Gasteiger charge is -2.13. The van der Waals surface area contributed by atoms with Crippen LogP contribution in [0.2, 0.25) is 0 Å². The van der Waals surface area contributed by atoms with Gasteiger partial charge in [0.15, 0.2) is 0 Å². The summed E-state index contributed by atoms with van der Waals surface area (Å²) in [6, 6.07) is -0.872. The molecule has 0 spiro atoms. The van der Waals surface area contributed by atoms with Gasteiger partial charge in [-0.2, -0.15) is 0 Å². The van der Waals surface area contributed by atoms with Crippen molar-refractivity contribution in [3.63, 3.8) is 0 Å². The zero-order chi connectivity index (χ0) is 12.4. The van der Waals surface area contributed by atoms with Crippen molar-refractivity contribution in [2.75, 3.05) is 19.6 Å². The summed E-state index contributed by atoms with van der Waals surface area (Å²) in [5, 5.41) is 22.7. The molecule has 0 aliphatic heterocycles. The van der Waals surface area contributed by atoms with Crippen molar-refractivity contribution in [3.8, 4) is 0 Å². The highest BCUT2D eigenvalue weighted by Gasteiger charge is 2.03. The number of unbranched alkanes of at least 4 members (excludes halogenated alkanes) is 1. The van der Waals surface area contributed by atoms with Crippen LogP contribution >= 0.6 is 0 Å². The number of nitrogens with one attached hydrogen (secondary N) is 1. The Hall–Kier alpha value is -0.690. The molecule has 6 nitrogen and oxygen atoms in total. The molecule has 0 unspecified atom stereocenters. The Kier molecular flexibility index (Phi) is 9.12. The topological polar surface area (TPSA) is 124 Å².